The molecule has 0 aromatic heterocycles. The molecule has 1 heterocycles. The summed E-state index contributed by atoms with van der Waals surface area (Å²) in [6, 6.07) is 7.89. The summed E-state index contributed by atoms with van der Waals surface area (Å²) in [5, 5.41) is 2.22. The van der Waals surface area contributed by atoms with Gasteiger partial charge in [0.2, 0.25) is 0 Å². The van der Waals surface area contributed by atoms with Crippen molar-refractivity contribution < 1.29 is 23.9 Å². The summed E-state index contributed by atoms with van der Waals surface area (Å²) in [4.78, 5) is 38.8. The van der Waals surface area contributed by atoms with E-state index in [-0.39, 0.29) is 5.57 Å². The van der Waals surface area contributed by atoms with Gasteiger partial charge in [-0.3, -0.25) is 14.9 Å². The van der Waals surface area contributed by atoms with Crippen molar-refractivity contribution >= 4 is 45.5 Å². The number of rotatable bonds is 4. The Kier molecular flexibility index (Phi) is 5.74. The second-order valence-corrected chi connectivity index (χ2v) is 7.40. The van der Waals surface area contributed by atoms with Crippen molar-refractivity contribution in [2.75, 3.05) is 19.1 Å². The summed E-state index contributed by atoms with van der Waals surface area (Å²) in [5.74, 6) is -0.540. The highest BCUT2D eigenvalue weighted by Gasteiger charge is 2.37. The van der Waals surface area contributed by atoms with E-state index in [0.717, 1.165) is 16.0 Å². The molecule has 0 atom stereocenters. The van der Waals surface area contributed by atoms with Gasteiger partial charge in [-0.1, -0.05) is 6.07 Å². The van der Waals surface area contributed by atoms with Crippen LogP contribution in [0.3, 0.4) is 0 Å². The highest BCUT2D eigenvalue weighted by Crippen LogP contribution is 2.37. The number of nitrogens with zero attached hydrogens (tertiary/aromatic N) is 1. The number of aryl methyl sites for hydroxylation is 2. The number of ether oxygens (including phenoxy) is 2. The van der Waals surface area contributed by atoms with Crippen molar-refractivity contribution in [1.29, 1.82) is 0 Å². The molecular formula is C21H19BrN2O5. The van der Waals surface area contributed by atoms with Crippen LogP contribution in [0, 0.1) is 13.8 Å². The zero-order chi connectivity index (χ0) is 21.3. The fourth-order valence-corrected chi connectivity index (χ4v) is 3.78. The van der Waals surface area contributed by atoms with E-state index >= 15 is 0 Å². The second kappa shape index (κ2) is 8.08. The van der Waals surface area contributed by atoms with Crippen LogP contribution < -0.4 is 19.7 Å². The molecule has 2 aromatic rings. The first-order valence-corrected chi connectivity index (χ1v) is 9.45. The predicted octanol–water partition coefficient (Wildman–Crippen LogP) is 3.75. The minimum Gasteiger partial charge on any atom is -0.493 e. The third-order valence-electron chi connectivity index (χ3n) is 4.33. The Bertz CT molecular complexity index is 1040. The molecule has 8 heteroatoms. The first-order chi connectivity index (χ1) is 13.7. The first-order valence-electron chi connectivity index (χ1n) is 8.66. The molecule has 2 aromatic carbocycles. The van der Waals surface area contributed by atoms with E-state index in [1.54, 1.807) is 24.3 Å². The molecular weight excluding hydrogens is 440 g/mol. The smallest absolute Gasteiger partial charge is 0.335 e. The molecule has 1 aliphatic rings. The van der Waals surface area contributed by atoms with Crippen LogP contribution in [0.2, 0.25) is 0 Å². The van der Waals surface area contributed by atoms with E-state index < -0.39 is 17.8 Å². The quantitative estimate of drug-likeness (QED) is 0.556. The zero-order valence-corrected chi connectivity index (χ0v) is 17.9. The maximum Gasteiger partial charge on any atom is 0.335 e. The minimum absolute atomic E-state index is 0.164. The number of hydrogen-bond donors (Lipinski definition) is 1. The van der Waals surface area contributed by atoms with Crippen molar-refractivity contribution in [3.05, 3.63) is 57.1 Å². The molecule has 0 saturated carbocycles. The molecule has 0 aliphatic carbocycles. The molecule has 1 N–H and O–H groups in total. The van der Waals surface area contributed by atoms with Gasteiger partial charge in [-0.2, -0.15) is 0 Å². The number of amides is 4. The molecule has 3 rings (SSSR count). The van der Waals surface area contributed by atoms with Crippen molar-refractivity contribution in [1.82, 2.24) is 5.32 Å². The molecule has 0 spiro atoms. The number of carbonyl (C=O) groups is 3. The fourth-order valence-electron chi connectivity index (χ4n) is 3.16. The van der Waals surface area contributed by atoms with Gasteiger partial charge >= 0.3 is 6.03 Å². The summed E-state index contributed by atoms with van der Waals surface area (Å²) in [7, 11) is 2.99. The lowest BCUT2D eigenvalue weighted by atomic mass is 10.0. The lowest BCUT2D eigenvalue weighted by Gasteiger charge is -2.27. The fraction of sp³-hybridized carbons (Fsp3) is 0.190. The largest absolute Gasteiger partial charge is 0.493 e. The van der Waals surface area contributed by atoms with Crippen LogP contribution in [0.25, 0.3) is 6.08 Å². The lowest BCUT2D eigenvalue weighted by molar-refractivity contribution is -0.122. The summed E-state index contributed by atoms with van der Waals surface area (Å²) < 4.78 is 11.2. The maximum absolute atomic E-state index is 13.0. The van der Waals surface area contributed by atoms with Crippen molar-refractivity contribution in [3.63, 3.8) is 0 Å². The summed E-state index contributed by atoms with van der Waals surface area (Å²) in [5.41, 5.74) is 2.56. The number of halogens is 1. The molecule has 0 radical (unpaired) electrons. The van der Waals surface area contributed by atoms with E-state index in [4.69, 9.17) is 9.47 Å². The van der Waals surface area contributed by atoms with Crippen molar-refractivity contribution in [2.24, 2.45) is 0 Å². The van der Waals surface area contributed by atoms with Gasteiger partial charge in [-0.15, -0.1) is 0 Å². The summed E-state index contributed by atoms with van der Waals surface area (Å²) >= 11 is 3.38. The van der Waals surface area contributed by atoms with E-state index in [0.29, 0.717) is 27.2 Å². The van der Waals surface area contributed by atoms with Gasteiger partial charge in [0.15, 0.2) is 11.5 Å². The lowest BCUT2D eigenvalue weighted by Crippen LogP contribution is -2.54. The van der Waals surface area contributed by atoms with Crippen LogP contribution in [0.15, 0.2) is 40.4 Å². The molecule has 150 valence electrons. The van der Waals surface area contributed by atoms with Crippen LogP contribution in [0.4, 0.5) is 10.5 Å². The molecule has 0 unspecified atom stereocenters. The van der Waals surface area contributed by atoms with Crippen molar-refractivity contribution in [3.8, 4) is 11.5 Å². The monoisotopic (exact) mass is 458 g/mol. The normalized spacial score (nSPS) is 15.6. The molecule has 7 nitrogen and oxygen atoms in total. The Hall–Kier alpha value is -3.13. The molecule has 0 bridgehead atoms. The standard InChI is InChI=1S/C21H19BrN2O5/c1-11-5-12(2)7-14(6-11)24-20(26)15(19(25)23-21(24)27)8-13-9-16(22)18(29-4)17(10-13)28-3/h5-10H,1-4H3,(H,23,25,27)/b15-8-. The summed E-state index contributed by atoms with van der Waals surface area (Å²) in [6.07, 6.45) is 1.41. The van der Waals surface area contributed by atoms with E-state index in [1.807, 2.05) is 19.9 Å². The summed E-state index contributed by atoms with van der Waals surface area (Å²) in [6.45, 7) is 3.73. The number of hydrogen-bond acceptors (Lipinski definition) is 5. The van der Waals surface area contributed by atoms with Gasteiger partial charge in [-0.25, -0.2) is 9.69 Å². The Balaban J connectivity index is 2.07. The predicted molar refractivity (Wildman–Crippen MR) is 112 cm³/mol. The minimum atomic E-state index is -0.782. The van der Waals surface area contributed by atoms with Crippen LogP contribution >= 0.6 is 15.9 Å². The van der Waals surface area contributed by atoms with E-state index in [1.165, 1.54) is 20.3 Å². The SMILES string of the molecule is COc1cc(/C=C2/C(=O)NC(=O)N(c3cc(C)cc(C)c3)C2=O)cc(Br)c1OC. The molecule has 1 fully saturated rings. The van der Waals surface area contributed by atoms with Gasteiger partial charge in [0, 0.05) is 0 Å². The van der Waals surface area contributed by atoms with Crippen LogP contribution in [0.1, 0.15) is 16.7 Å². The second-order valence-electron chi connectivity index (χ2n) is 6.54. The van der Waals surface area contributed by atoms with Gasteiger partial charge in [0.25, 0.3) is 11.8 Å². The number of benzene rings is 2. The molecule has 1 aliphatic heterocycles. The van der Waals surface area contributed by atoms with Crippen LogP contribution in [-0.2, 0) is 9.59 Å². The topological polar surface area (TPSA) is 84.9 Å². The zero-order valence-electron chi connectivity index (χ0n) is 16.3. The van der Waals surface area contributed by atoms with Gasteiger partial charge in [0.05, 0.1) is 24.4 Å². The van der Waals surface area contributed by atoms with Gasteiger partial charge in [0.1, 0.15) is 5.57 Å². The average molecular weight is 459 g/mol. The first kappa shape index (κ1) is 20.6. The third-order valence-corrected chi connectivity index (χ3v) is 4.92. The number of barbiturate groups is 1. The number of methoxy groups -OCH3 is 2. The number of nitrogens with one attached hydrogen (secondary N) is 1. The Morgan fingerprint density at radius 3 is 2.21 bits per heavy atom. The maximum atomic E-state index is 13.0. The van der Waals surface area contributed by atoms with E-state index in [9.17, 15) is 14.4 Å². The van der Waals surface area contributed by atoms with E-state index in [2.05, 4.69) is 21.2 Å². The number of anilines is 1. The number of carbonyl (C=O) groups excluding carboxylic acids is 3. The van der Waals surface area contributed by atoms with Crippen LogP contribution in [-0.4, -0.2) is 32.1 Å². The number of imide groups is 2. The Morgan fingerprint density at radius 2 is 1.62 bits per heavy atom. The highest BCUT2D eigenvalue weighted by molar-refractivity contribution is 9.10. The van der Waals surface area contributed by atoms with Crippen LogP contribution in [0.5, 0.6) is 11.5 Å². The molecule has 29 heavy (non-hydrogen) atoms. The molecule has 4 amide bonds. The van der Waals surface area contributed by atoms with Gasteiger partial charge < -0.3 is 9.47 Å². The Labute approximate surface area is 176 Å². The highest BCUT2D eigenvalue weighted by atomic mass is 79.9. The number of urea groups is 1. The van der Waals surface area contributed by atoms with Crippen molar-refractivity contribution in [2.45, 2.75) is 13.8 Å². The average Bonchev–Trinajstić information content (AvgIpc) is 2.63. The molecule has 1 saturated heterocycles. The Morgan fingerprint density at radius 1 is 0.966 bits per heavy atom. The van der Waals surface area contributed by atoms with Gasteiger partial charge in [-0.05, 0) is 76.8 Å². The third kappa shape index (κ3) is 4.02.